The summed E-state index contributed by atoms with van der Waals surface area (Å²) >= 11 is 7.85. The molecule has 176 valence electrons. The molecule has 0 saturated carbocycles. The standard InChI is InChI=1S/C28H24ClN3O2S/c1-19-25(29)11-6-12-26(19)31-17-32-27(33)14-23(24(15-30)28(32)35-18-31)21-9-5-10-22(13-21)34-16-20-7-3-2-4-8-20/h2-13,23H,14,16-18H2,1H3/t23-/m1/s1. The van der Waals surface area contributed by atoms with Gasteiger partial charge in [0.2, 0.25) is 5.91 Å². The fraction of sp³-hybridized carbons (Fsp3) is 0.214. The predicted octanol–water partition coefficient (Wildman–Crippen LogP) is 6.45. The molecule has 3 aromatic rings. The van der Waals surface area contributed by atoms with E-state index in [0.717, 1.165) is 33.2 Å². The van der Waals surface area contributed by atoms with Crippen molar-refractivity contribution in [2.75, 3.05) is 17.4 Å². The third-order valence-electron chi connectivity index (χ3n) is 6.38. The molecule has 0 spiro atoms. The third kappa shape index (κ3) is 4.75. The molecule has 0 N–H and O–H groups in total. The topological polar surface area (TPSA) is 56.6 Å². The summed E-state index contributed by atoms with van der Waals surface area (Å²) in [4.78, 5) is 17.1. The number of halogens is 1. The van der Waals surface area contributed by atoms with Crippen LogP contribution in [0.2, 0.25) is 5.02 Å². The van der Waals surface area contributed by atoms with Gasteiger partial charge in [0.1, 0.15) is 12.4 Å². The maximum atomic E-state index is 13.3. The van der Waals surface area contributed by atoms with Gasteiger partial charge in [-0.2, -0.15) is 5.26 Å². The summed E-state index contributed by atoms with van der Waals surface area (Å²) in [7, 11) is 0. The van der Waals surface area contributed by atoms with Crippen LogP contribution >= 0.6 is 23.4 Å². The normalized spacial score (nSPS) is 17.7. The second-order valence-electron chi connectivity index (χ2n) is 8.59. The number of amides is 1. The van der Waals surface area contributed by atoms with E-state index in [9.17, 15) is 10.1 Å². The molecule has 0 unspecified atom stereocenters. The number of allylic oxidation sites excluding steroid dienone is 1. The van der Waals surface area contributed by atoms with Crippen LogP contribution in [-0.4, -0.2) is 23.4 Å². The molecular formula is C28H24ClN3O2S. The number of anilines is 1. The molecule has 1 fully saturated rings. The van der Waals surface area contributed by atoms with Gasteiger partial charge in [-0.25, -0.2) is 0 Å². The van der Waals surface area contributed by atoms with Crippen LogP contribution in [0.1, 0.15) is 29.0 Å². The van der Waals surface area contributed by atoms with Crippen LogP contribution < -0.4 is 9.64 Å². The lowest BCUT2D eigenvalue weighted by Crippen LogP contribution is -2.47. The van der Waals surface area contributed by atoms with Crippen molar-refractivity contribution in [1.29, 1.82) is 5.26 Å². The van der Waals surface area contributed by atoms with E-state index in [4.69, 9.17) is 16.3 Å². The van der Waals surface area contributed by atoms with Crippen LogP contribution in [0, 0.1) is 18.3 Å². The minimum absolute atomic E-state index is 0.0106. The van der Waals surface area contributed by atoms with E-state index in [2.05, 4.69) is 11.0 Å². The lowest BCUT2D eigenvalue weighted by molar-refractivity contribution is -0.129. The number of nitrogens with zero attached hydrogens (tertiary/aromatic N) is 3. The number of benzene rings is 3. The van der Waals surface area contributed by atoms with Crippen molar-refractivity contribution >= 4 is 35.0 Å². The molecule has 5 rings (SSSR count). The predicted molar refractivity (Wildman–Crippen MR) is 140 cm³/mol. The summed E-state index contributed by atoms with van der Waals surface area (Å²) in [5.74, 6) is 1.09. The Bertz CT molecular complexity index is 1340. The number of thioether (sulfide) groups is 1. The van der Waals surface area contributed by atoms with Gasteiger partial charge in [-0.1, -0.05) is 71.9 Å². The molecule has 7 heteroatoms. The highest BCUT2D eigenvalue weighted by Gasteiger charge is 2.38. The molecular weight excluding hydrogens is 478 g/mol. The van der Waals surface area contributed by atoms with Crippen LogP contribution in [0.5, 0.6) is 5.75 Å². The van der Waals surface area contributed by atoms with Crippen molar-refractivity contribution in [2.24, 2.45) is 0 Å². The fourth-order valence-corrected chi connectivity index (χ4v) is 5.83. The number of fused-ring (bicyclic) bond motifs is 1. The zero-order valence-electron chi connectivity index (χ0n) is 19.3. The van der Waals surface area contributed by atoms with Crippen LogP contribution in [0.3, 0.4) is 0 Å². The Morgan fingerprint density at radius 2 is 1.91 bits per heavy atom. The monoisotopic (exact) mass is 501 g/mol. The van der Waals surface area contributed by atoms with Crippen molar-refractivity contribution in [3.63, 3.8) is 0 Å². The van der Waals surface area contributed by atoms with Crippen molar-refractivity contribution in [3.8, 4) is 11.8 Å². The Labute approximate surface area is 214 Å². The summed E-state index contributed by atoms with van der Waals surface area (Å²) in [6.45, 7) is 2.85. The molecule has 1 atom stereocenters. The number of carbonyl (C=O) groups is 1. The van der Waals surface area contributed by atoms with Crippen LogP contribution in [0.25, 0.3) is 0 Å². The van der Waals surface area contributed by atoms with E-state index in [0.29, 0.717) is 29.7 Å². The average Bonchev–Trinajstić information content (AvgIpc) is 2.89. The first kappa shape index (κ1) is 23.3. The van der Waals surface area contributed by atoms with Gasteiger partial charge < -0.3 is 9.64 Å². The molecule has 3 aromatic carbocycles. The first-order valence-electron chi connectivity index (χ1n) is 11.4. The first-order valence-corrected chi connectivity index (χ1v) is 12.8. The lowest BCUT2D eigenvalue weighted by atomic mass is 9.86. The molecule has 2 aliphatic heterocycles. The van der Waals surface area contributed by atoms with E-state index in [1.165, 1.54) is 11.8 Å². The van der Waals surface area contributed by atoms with E-state index in [1.807, 2.05) is 79.7 Å². The highest BCUT2D eigenvalue weighted by Crippen LogP contribution is 2.44. The van der Waals surface area contributed by atoms with Gasteiger partial charge in [-0.05, 0) is 47.9 Å². The fourth-order valence-electron chi connectivity index (χ4n) is 4.50. The number of hydrogen-bond acceptors (Lipinski definition) is 5. The first-order chi connectivity index (χ1) is 17.0. The van der Waals surface area contributed by atoms with Crippen LogP contribution in [-0.2, 0) is 11.4 Å². The van der Waals surface area contributed by atoms with Crippen LogP contribution in [0.15, 0.2) is 83.4 Å². The zero-order chi connectivity index (χ0) is 24.4. The largest absolute Gasteiger partial charge is 0.489 e. The molecule has 0 bridgehead atoms. The number of carbonyl (C=O) groups excluding carboxylic acids is 1. The van der Waals surface area contributed by atoms with Gasteiger partial charge >= 0.3 is 0 Å². The SMILES string of the molecule is Cc1c(Cl)cccc1N1CSC2=C(C#N)[C@@H](c3cccc(OCc4ccccc4)c3)CC(=O)N2C1. The van der Waals surface area contributed by atoms with E-state index >= 15 is 0 Å². The molecule has 5 nitrogen and oxygen atoms in total. The molecule has 0 aliphatic carbocycles. The van der Waals surface area contributed by atoms with Gasteiger partial charge in [-0.3, -0.25) is 9.69 Å². The number of nitriles is 1. The summed E-state index contributed by atoms with van der Waals surface area (Å²) in [5.41, 5.74) is 4.62. The summed E-state index contributed by atoms with van der Waals surface area (Å²) in [5, 5.41) is 11.6. The zero-order valence-corrected chi connectivity index (χ0v) is 20.9. The Kier molecular flexibility index (Phi) is 6.72. The van der Waals surface area contributed by atoms with Crippen molar-refractivity contribution < 1.29 is 9.53 Å². The molecule has 0 aromatic heterocycles. The molecule has 1 amide bonds. The van der Waals surface area contributed by atoms with Gasteiger partial charge in [0.05, 0.1) is 29.2 Å². The Balaban J connectivity index is 1.39. The smallest absolute Gasteiger partial charge is 0.229 e. The molecule has 2 heterocycles. The molecule has 35 heavy (non-hydrogen) atoms. The Morgan fingerprint density at radius 1 is 1.11 bits per heavy atom. The third-order valence-corrected chi connectivity index (χ3v) is 7.95. The summed E-state index contributed by atoms with van der Waals surface area (Å²) in [6, 6.07) is 25.9. The van der Waals surface area contributed by atoms with Gasteiger partial charge in [0.25, 0.3) is 0 Å². The summed E-state index contributed by atoms with van der Waals surface area (Å²) in [6.07, 6.45) is 0.247. The molecule has 0 radical (unpaired) electrons. The number of rotatable bonds is 5. The average molecular weight is 502 g/mol. The van der Waals surface area contributed by atoms with E-state index in [1.54, 1.807) is 4.90 Å². The van der Waals surface area contributed by atoms with Gasteiger partial charge in [0.15, 0.2) is 0 Å². The quantitative estimate of drug-likeness (QED) is 0.402. The van der Waals surface area contributed by atoms with Crippen molar-refractivity contribution in [3.05, 3.63) is 105 Å². The Hall–Kier alpha value is -3.40. The highest BCUT2D eigenvalue weighted by molar-refractivity contribution is 8.03. The Morgan fingerprint density at radius 3 is 2.71 bits per heavy atom. The number of hydrogen-bond donors (Lipinski definition) is 0. The molecule has 1 saturated heterocycles. The minimum Gasteiger partial charge on any atom is -0.489 e. The highest BCUT2D eigenvalue weighted by atomic mass is 35.5. The number of ether oxygens (including phenoxy) is 1. The summed E-state index contributed by atoms with van der Waals surface area (Å²) < 4.78 is 5.99. The second kappa shape index (κ2) is 10.1. The lowest BCUT2D eigenvalue weighted by Gasteiger charge is -2.42. The maximum absolute atomic E-state index is 13.3. The van der Waals surface area contributed by atoms with E-state index < -0.39 is 0 Å². The van der Waals surface area contributed by atoms with Gasteiger partial charge in [-0.15, -0.1) is 0 Å². The minimum atomic E-state index is -0.286. The van der Waals surface area contributed by atoms with Gasteiger partial charge in [0, 0.05) is 23.0 Å². The van der Waals surface area contributed by atoms with Crippen molar-refractivity contribution in [2.45, 2.75) is 25.9 Å². The maximum Gasteiger partial charge on any atom is 0.229 e. The van der Waals surface area contributed by atoms with Crippen molar-refractivity contribution in [1.82, 2.24) is 4.90 Å². The van der Waals surface area contributed by atoms with E-state index in [-0.39, 0.29) is 18.2 Å². The second-order valence-corrected chi connectivity index (χ2v) is 9.94. The molecule has 2 aliphatic rings. The van der Waals surface area contributed by atoms with Crippen LogP contribution in [0.4, 0.5) is 5.69 Å².